The molecule has 1 aliphatic heterocycles. The zero-order valence-electron chi connectivity index (χ0n) is 13.9. The number of hydrogen-bond donors (Lipinski definition) is 1. The number of carbonyl (C=O) groups excluding carboxylic acids is 1. The van der Waals surface area contributed by atoms with Gasteiger partial charge in [-0.1, -0.05) is 12.1 Å². The lowest BCUT2D eigenvalue weighted by atomic mass is 10.1. The van der Waals surface area contributed by atoms with Gasteiger partial charge in [0, 0.05) is 18.0 Å². The van der Waals surface area contributed by atoms with Gasteiger partial charge in [-0.15, -0.1) is 11.3 Å². The van der Waals surface area contributed by atoms with Crippen LogP contribution in [0.5, 0.6) is 5.75 Å². The van der Waals surface area contributed by atoms with E-state index < -0.39 is 0 Å². The molecule has 1 aliphatic rings. The third kappa shape index (κ3) is 2.74. The molecule has 0 fully saturated rings. The summed E-state index contributed by atoms with van der Waals surface area (Å²) in [6, 6.07) is 15.4. The van der Waals surface area contributed by atoms with Crippen molar-refractivity contribution in [2.75, 3.05) is 19.1 Å². The second-order valence-corrected chi connectivity index (χ2v) is 6.67. The molecule has 5 nitrogen and oxygen atoms in total. The number of para-hydroxylation sites is 1. The highest BCUT2D eigenvalue weighted by molar-refractivity contribution is 7.13. The van der Waals surface area contributed by atoms with Gasteiger partial charge in [-0.2, -0.15) is 0 Å². The number of aromatic nitrogens is 1. The molecule has 0 aliphatic carbocycles. The van der Waals surface area contributed by atoms with E-state index in [1.165, 1.54) is 0 Å². The van der Waals surface area contributed by atoms with Crippen LogP contribution in [0.1, 0.15) is 22.2 Å². The Labute approximate surface area is 149 Å². The minimum atomic E-state index is -0.273. The van der Waals surface area contributed by atoms with E-state index in [0.29, 0.717) is 5.56 Å². The van der Waals surface area contributed by atoms with Crippen LogP contribution in [0.3, 0.4) is 0 Å². The van der Waals surface area contributed by atoms with Gasteiger partial charge in [-0.3, -0.25) is 4.79 Å². The van der Waals surface area contributed by atoms with E-state index in [9.17, 15) is 4.79 Å². The Bertz CT molecular complexity index is 920. The van der Waals surface area contributed by atoms with Crippen molar-refractivity contribution < 1.29 is 9.53 Å². The van der Waals surface area contributed by atoms with Crippen LogP contribution in [0.15, 0.2) is 53.9 Å². The number of rotatable bonds is 3. The fourth-order valence-corrected chi connectivity index (χ4v) is 3.81. The summed E-state index contributed by atoms with van der Waals surface area (Å²) in [5.74, 6) is 0.745. The van der Waals surface area contributed by atoms with Gasteiger partial charge in [0.1, 0.15) is 16.9 Å². The summed E-state index contributed by atoms with van der Waals surface area (Å²) in [7, 11) is 3.62. The Morgan fingerprint density at radius 1 is 1.16 bits per heavy atom. The van der Waals surface area contributed by atoms with Crippen molar-refractivity contribution in [3.63, 3.8) is 0 Å². The fourth-order valence-electron chi connectivity index (χ4n) is 2.96. The zero-order chi connectivity index (χ0) is 17.4. The maximum absolute atomic E-state index is 12.4. The minimum Gasteiger partial charge on any atom is -0.497 e. The molecule has 0 spiro atoms. The first-order chi connectivity index (χ1) is 12.2. The van der Waals surface area contributed by atoms with Crippen molar-refractivity contribution in [1.29, 1.82) is 0 Å². The predicted molar refractivity (Wildman–Crippen MR) is 99.2 cm³/mol. The number of thiazole rings is 1. The van der Waals surface area contributed by atoms with Crippen LogP contribution >= 0.6 is 11.3 Å². The van der Waals surface area contributed by atoms with Crippen molar-refractivity contribution in [2.45, 2.75) is 6.17 Å². The number of fused-ring (bicyclic) bond motifs is 1. The van der Waals surface area contributed by atoms with Gasteiger partial charge >= 0.3 is 0 Å². The number of anilines is 1. The molecule has 2 aromatic carbocycles. The summed E-state index contributed by atoms with van der Waals surface area (Å²) < 4.78 is 5.19. The molecule has 4 rings (SSSR count). The van der Waals surface area contributed by atoms with Crippen molar-refractivity contribution in [2.24, 2.45) is 0 Å². The van der Waals surface area contributed by atoms with E-state index in [1.807, 2.05) is 65.9 Å². The molecular weight excluding hydrogens is 334 g/mol. The van der Waals surface area contributed by atoms with Crippen molar-refractivity contribution in [3.05, 3.63) is 65.2 Å². The molecule has 2 heterocycles. The Balaban J connectivity index is 1.65. The summed E-state index contributed by atoms with van der Waals surface area (Å²) in [5.41, 5.74) is 3.46. The number of benzene rings is 2. The van der Waals surface area contributed by atoms with E-state index >= 15 is 0 Å². The lowest BCUT2D eigenvalue weighted by Gasteiger charge is -2.35. The molecule has 1 atom stereocenters. The number of nitrogens with zero attached hydrogens (tertiary/aromatic N) is 2. The molecule has 1 aromatic heterocycles. The van der Waals surface area contributed by atoms with Crippen LogP contribution in [0.25, 0.3) is 10.6 Å². The summed E-state index contributed by atoms with van der Waals surface area (Å²) in [6.45, 7) is 0. The third-order valence-corrected chi connectivity index (χ3v) is 5.23. The highest BCUT2D eigenvalue weighted by Crippen LogP contribution is 2.34. The molecule has 6 heteroatoms. The van der Waals surface area contributed by atoms with Gasteiger partial charge in [0.15, 0.2) is 0 Å². The molecule has 0 saturated heterocycles. The zero-order valence-corrected chi connectivity index (χ0v) is 14.7. The van der Waals surface area contributed by atoms with E-state index in [0.717, 1.165) is 27.7 Å². The Hall–Kier alpha value is -2.86. The molecule has 3 aromatic rings. The SMILES string of the molecule is COc1ccc(-c2nc([C@H]3NC(=O)c4ccccc4N3C)cs2)cc1. The quantitative estimate of drug-likeness (QED) is 0.782. The largest absolute Gasteiger partial charge is 0.497 e. The Morgan fingerprint density at radius 3 is 2.68 bits per heavy atom. The number of nitrogens with one attached hydrogen (secondary N) is 1. The fraction of sp³-hybridized carbons (Fsp3) is 0.158. The number of hydrogen-bond acceptors (Lipinski definition) is 5. The van der Waals surface area contributed by atoms with Gasteiger partial charge in [-0.05, 0) is 36.4 Å². The standard InChI is InChI=1S/C19H17N3O2S/c1-22-16-6-4-3-5-14(16)18(23)21-17(22)15-11-25-19(20-15)12-7-9-13(24-2)10-8-12/h3-11,17H,1-2H3,(H,21,23)/t17-/m0/s1. The number of ether oxygens (including phenoxy) is 1. The van der Waals surface area contributed by atoms with Crippen LogP contribution in [0.4, 0.5) is 5.69 Å². The molecule has 0 saturated carbocycles. The Kier molecular flexibility index (Phi) is 3.89. The lowest BCUT2D eigenvalue weighted by Crippen LogP contribution is -2.44. The third-order valence-electron chi connectivity index (χ3n) is 4.32. The molecule has 1 N–H and O–H groups in total. The molecule has 25 heavy (non-hydrogen) atoms. The molecule has 0 radical (unpaired) electrons. The topological polar surface area (TPSA) is 54.5 Å². The van der Waals surface area contributed by atoms with Gasteiger partial charge in [0.05, 0.1) is 24.1 Å². The number of carbonyl (C=O) groups is 1. The average molecular weight is 351 g/mol. The number of amides is 1. The van der Waals surface area contributed by atoms with Crippen LogP contribution in [0.2, 0.25) is 0 Å². The molecular formula is C19H17N3O2S. The summed E-state index contributed by atoms with van der Waals surface area (Å²) in [4.78, 5) is 19.2. The van der Waals surface area contributed by atoms with Gasteiger partial charge < -0.3 is 15.0 Å². The van der Waals surface area contributed by atoms with Crippen molar-refractivity contribution >= 4 is 22.9 Å². The predicted octanol–water partition coefficient (Wildman–Crippen LogP) is 3.70. The molecule has 0 bridgehead atoms. The summed E-state index contributed by atoms with van der Waals surface area (Å²) >= 11 is 1.56. The summed E-state index contributed by atoms with van der Waals surface area (Å²) in [6.07, 6.45) is -0.273. The Morgan fingerprint density at radius 2 is 1.92 bits per heavy atom. The first-order valence-electron chi connectivity index (χ1n) is 7.90. The molecule has 0 unspecified atom stereocenters. The first kappa shape index (κ1) is 15.7. The average Bonchev–Trinajstić information content (AvgIpc) is 3.15. The van der Waals surface area contributed by atoms with Gasteiger partial charge in [-0.25, -0.2) is 4.98 Å². The van der Waals surface area contributed by atoms with Crippen LogP contribution < -0.4 is 15.0 Å². The summed E-state index contributed by atoms with van der Waals surface area (Å²) in [5, 5.41) is 5.94. The second-order valence-electron chi connectivity index (χ2n) is 5.81. The van der Waals surface area contributed by atoms with E-state index in [4.69, 9.17) is 9.72 Å². The monoisotopic (exact) mass is 351 g/mol. The van der Waals surface area contributed by atoms with Crippen LogP contribution in [-0.2, 0) is 0 Å². The highest BCUT2D eigenvalue weighted by Gasteiger charge is 2.30. The van der Waals surface area contributed by atoms with E-state index in [1.54, 1.807) is 18.4 Å². The van der Waals surface area contributed by atoms with Crippen molar-refractivity contribution in [1.82, 2.24) is 10.3 Å². The normalized spacial score (nSPS) is 16.3. The van der Waals surface area contributed by atoms with Crippen molar-refractivity contribution in [3.8, 4) is 16.3 Å². The van der Waals surface area contributed by atoms with Gasteiger partial charge in [0.2, 0.25) is 0 Å². The highest BCUT2D eigenvalue weighted by atomic mass is 32.1. The van der Waals surface area contributed by atoms with Crippen LogP contribution in [-0.4, -0.2) is 25.0 Å². The maximum atomic E-state index is 12.4. The van der Waals surface area contributed by atoms with E-state index in [-0.39, 0.29) is 12.1 Å². The smallest absolute Gasteiger partial charge is 0.255 e. The molecule has 1 amide bonds. The number of methoxy groups -OCH3 is 1. The van der Waals surface area contributed by atoms with Gasteiger partial charge in [0.25, 0.3) is 5.91 Å². The van der Waals surface area contributed by atoms with E-state index in [2.05, 4.69) is 5.32 Å². The second kappa shape index (κ2) is 6.22. The van der Waals surface area contributed by atoms with Crippen LogP contribution in [0, 0.1) is 0 Å². The molecule has 126 valence electrons. The lowest BCUT2D eigenvalue weighted by molar-refractivity contribution is 0.0927. The minimum absolute atomic E-state index is 0.0716. The first-order valence-corrected chi connectivity index (χ1v) is 8.78. The maximum Gasteiger partial charge on any atom is 0.255 e.